The second kappa shape index (κ2) is 5.84. The molecule has 1 aliphatic carbocycles. The Kier molecular flexibility index (Phi) is 3.54. The predicted octanol–water partition coefficient (Wildman–Crippen LogP) is 4.29. The molecule has 4 rings (SSSR count). The maximum absolute atomic E-state index is 12.5. The van der Waals surface area contributed by atoms with Gasteiger partial charge in [0, 0.05) is 18.0 Å². The summed E-state index contributed by atoms with van der Waals surface area (Å²) >= 11 is 0. The topological polar surface area (TPSA) is 42.0 Å². The molecule has 3 nitrogen and oxygen atoms in total. The molecule has 1 aromatic heterocycles. The van der Waals surface area contributed by atoms with Crippen molar-refractivity contribution in [2.45, 2.75) is 25.2 Å². The molecule has 1 heterocycles. The summed E-state index contributed by atoms with van der Waals surface area (Å²) in [5.41, 5.74) is 4.46. The molecule has 2 aromatic carbocycles. The Morgan fingerprint density at radius 3 is 2.96 bits per heavy atom. The van der Waals surface area contributed by atoms with Crippen LogP contribution in [0.4, 0.5) is 5.69 Å². The Morgan fingerprint density at radius 1 is 1.09 bits per heavy atom. The number of nitrogens with zero attached hydrogens (tertiary/aromatic N) is 1. The second-order valence-electron chi connectivity index (χ2n) is 6.06. The van der Waals surface area contributed by atoms with Crippen molar-refractivity contribution in [3.05, 3.63) is 71.9 Å². The molecule has 1 unspecified atom stereocenters. The van der Waals surface area contributed by atoms with E-state index in [2.05, 4.69) is 34.6 Å². The highest BCUT2D eigenvalue weighted by Gasteiger charge is 2.24. The summed E-state index contributed by atoms with van der Waals surface area (Å²) in [7, 11) is 0. The van der Waals surface area contributed by atoms with Gasteiger partial charge < -0.3 is 5.32 Å². The molecular weight excluding hydrogens is 284 g/mol. The van der Waals surface area contributed by atoms with Gasteiger partial charge in [0.15, 0.2) is 0 Å². The zero-order chi connectivity index (χ0) is 15.6. The lowest BCUT2D eigenvalue weighted by molar-refractivity contribution is -0.116. The first-order valence-corrected chi connectivity index (χ1v) is 8.02. The van der Waals surface area contributed by atoms with E-state index in [-0.39, 0.29) is 5.91 Å². The van der Waals surface area contributed by atoms with Crippen LogP contribution in [0.3, 0.4) is 0 Å². The number of aromatic nitrogens is 1. The third-order valence-corrected chi connectivity index (χ3v) is 4.61. The first-order chi connectivity index (χ1) is 11.3. The number of aryl methyl sites for hydroxylation is 1. The van der Waals surface area contributed by atoms with Gasteiger partial charge in [0.25, 0.3) is 0 Å². The normalized spacial score (nSPS) is 16.3. The fraction of sp³-hybridized carbons (Fsp3) is 0.200. The Morgan fingerprint density at radius 2 is 2.00 bits per heavy atom. The van der Waals surface area contributed by atoms with Crippen molar-refractivity contribution in [1.29, 1.82) is 0 Å². The number of fused-ring (bicyclic) bond motifs is 2. The van der Waals surface area contributed by atoms with E-state index < -0.39 is 0 Å². The summed E-state index contributed by atoms with van der Waals surface area (Å²) < 4.78 is 0. The van der Waals surface area contributed by atoms with E-state index in [4.69, 9.17) is 0 Å². The van der Waals surface area contributed by atoms with Crippen molar-refractivity contribution in [2.75, 3.05) is 5.32 Å². The molecule has 0 saturated carbocycles. The Bertz CT molecular complexity index is 867. The summed E-state index contributed by atoms with van der Waals surface area (Å²) in [6, 6.07) is 18.2. The maximum atomic E-state index is 12.5. The largest absolute Gasteiger partial charge is 0.325 e. The molecule has 0 bridgehead atoms. The van der Waals surface area contributed by atoms with Crippen LogP contribution in [0.1, 0.15) is 29.9 Å². The van der Waals surface area contributed by atoms with Gasteiger partial charge >= 0.3 is 0 Å². The lowest BCUT2D eigenvalue weighted by Gasteiger charge is -2.13. The molecular formula is C20H18N2O. The third kappa shape index (κ3) is 2.70. The van der Waals surface area contributed by atoms with E-state index >= 15 is 0 Å². The van der Waals surface area contributed by atoms with Crippen molar-refractivity contribution < 1.29 is 4.79 Å². The zero-order valence-electron chi connectivity index (χ0n) is 12.8. The molecule has 1 N–H and O–H groups in total. The van der Waals surface area contributed by atoms with Gasteiger partial charge in [-0.05, 0) is 54.2 Å². The van der Waals surface area contributed by atoms with Crippen LogP contribution in [-0.4, -0.2) is 10.9 Å². The number of anilines is 1. The summed E-state index contributed by atoms with van der Waals surface area (Å²) in [5, 5.41) is 4.05. The smallest absolute Gasteiger partial charge is 0.225 e. The zero-order valence-corrected chi connectivity index (χ0v) is 12.8. The van der Waals surface area contributed by atoms with Gasteiger partial charge in [0.1, 0.15) is 0 Å². The molecule has 1 amide bonds. The highest BCUT2D eigenvalue weighted by atomic mass is 16.1. The summed E-state index contributed by atoms with van der Waals surface area (Å²) in [6.45, 7) is 0. The Balaban J connectivity index is 1.52. The summed E-state index contributed by atoms with van der Waals surface area (Å²) in [4.78, 5) is 16.8. The highest BCUT2D eigenvalue weighted by Crippen LogP contribution is 2.35. The van der Waals surface area contributed by atoms with Crippen LogP contribution in [0.2, 0.25) is 0 Å². The van der Waals surface area contributed by atoms with Gasteiger partial charge in [-0.1, -0.05) is 30.3 Å². The quantitative estimate of drug-likeness (QED) is 0.784. The van der Waals surface area contributed by atoms with Crippen LogP contribution in [0, 0.1) is 0 Å². The fourth-order valence-electron chi connectivity index (χ4n) is 3.49. The van der Waals surface area contributed by atoms with Crippen molar-refractivity contribution in [3.8, 4) is 0 Å². The van der Waals surface area contributed by atoms with Crippen LogP contribution < -0.4 is 5.32 Å². The van der Waals surface area contributed by atoms with E-state index in [0.29, 0.717) is 12.3 Å². The van der Waals surface area contributed by atoms with Crippen LogP contribution in [0.5, 0.6) is 0 Å². The summed E-state index contributed by atoms with van der Waals surface area (Å²) in [5.74, 6) is 0.405. The Hall–Kier alpha value is -2.68. The molecule has 0 saturated heterocycles. The first-order valence-electron chi connectivity index (χ1n) is 8.02. The number of amides is 1. The minimum atomic E-state index is 0.0723. The number of carbonyl (C=O) groups is 1. The van der Waals surface area contributed by atoms with E-state index in [1.54, 1.807) is 6.20 Å². The van der Waals surface area contributed by atoms with Crippen LogP contribution in [0.15, 0.2) is 60.8 Å². The highest BCUT2D eigenvalue weighted by molar-refractivity contribution is 6.01. The lowest BCUT2D eigenvalue weighted by atomic mass is 9.97. The molecule has 114 valence electrons. The minimum absolute atomic E-state index is 0.0723. The van der Waals surface area contributed by atoms with Crippen LogP contribution in [-0.2, 0) is 11.2 Å². The standard InChI is InChI=1S/C20H18N2O/c23-20(13-15-11-10-14-5-1-2-6-16(14)15)22-19-9-3-8-18-17(19)7-4-12-21-18/h1-9,12,15H,10-11,13H2,(H,22,23). The average molecular weight is 302 g/mol. The molecule has 23 heavy (non-hydrogen) atoms. The molecule has 0 fully saturated rings. The van der Waals surface area contributed by atoms with Gasteiger partial charge in [0.2, 0.25) is 5.91 Å². The number of hydrogen-bond acceptors (Lipinski definition) is 2. The van der Waals surface area contributed by atoms with Gasteiger partial charge in [-0.25, -0.2) is 0 Å². The summed E-state index contributed by atoms with van der Waals surface area (Å²) in [6.07, 6.45) is 4.44. The number of carbonyl (C=O) groups excluding carboxylic acids is 1. The Labute approximate surface area is 135 Å². The monoisotopic (exact) mass is 302 g/mol. The van der Waals surface area contributed by atoms with E-state index in [0.717, 1.165) is 29.4 Å². The molecule has 0 radical (unpaired) electrons. The van der Waals surface area contributed by atoms with E-state index in [1.165, 1.54) is 11.1 Å². The van der Waals surface area contributed by atoms with Gasteiger partial charge in [-0.3, -0.25) is 9.78 Å². The SMILES string of the molecule is O=C(CC1CCc2ccccc21)Nc1cccc2ncccc12. The number of nitrogens with one attached hydrogen (secondary N) is 1. The fourth-order valence-corrected chi connectivity index (χ4v) is 3.49. The lowest BCUT2D eigenvalue weighted by Crippen LogP contribution is -2.15. The minimum Gasteiger partial charge on any atom is -0.325 e. The second-order valence-corrected chi connectivity index (χ2v) is 6.06. The van der Waals surface area contributed by atoms with Gasteiger partial charge in [-0.15, -0.1) is 0 Å². The molecule has 0 spiro atoms. The maximum Gasteiger partial charge on any atom is 0.225 e. The molecule has 0 aliphatic heterocycles. The molecule has 3 heteroatoms. The predicted molar refractivity (Wildman–Crippen MR) is 92.5 cm³/mol. The van der Waals surface area contributed by atoms with Crippen molar-refractivity contribution in [1.82, 2.24) is 4.98 Å². The van der Waals surface area contributed by atoms with Crippen molar-refractivity contribution in [3.63, 3.8) is 0 Å². The van der Waals surface area contributed by atoms with Crippen LogP contribution in [0.25, 0.3) is 10.9 Å². The number of rotatable bonds is 3. The van der Waals surface area contributed by atoms with E-state index in [9.17, 15) is 4.79 Å². The van der Waals surface area contributed by atoms with Gasteiger partial charge in [-0.2, -0.15) is 0 Å². The molecule has 1 aliphatic rings. The first kappa shape index (κ1) is 13.9. The van der Waals surface area contributed by atoms with E-state index in [1.807, 2.05) is 30.3 Å². The molecule has 3 aromatic rings. The average Bonchev–Trinajstić information content (AvgIpc) is 2.98. The number of pyridine rings is 1. The van der Waals surface area contributed by atoms with Crippen molar-refractivity contribution >= 4 is 22.5 Å². The van der Waals surface area contributed by atoms with Crippen LogP contribution >= 0.6 is 0 Å². The number of benzene rings is 2. The molecule has 1 atom stereocenters. The van der Waals surface area contributed by atoms with Crippen molar-refractivity contribution in [2.24, 2.45) is 0 Å². The third-order valence-electron chi connectivity index (χ3n) is 4.61. The van der Waals surface area contributed by atoms with Gasteiger partial charge in [0.05, 0.1) is 11.2 Å². The number of hydrogen-bond donors (Lipinski definition) is 1.